The minimum absolute atomic E-state index is 0.152. The third-order valence-corrected chi connectivity index (χ3v) is 6.02. The maximum atomic E-state index is 12.8. The summed E-state index contributed by atoms with van der Waals surface area (Å²) in [5.74, 6) is 0.468. The zero-order valence-corrected chi connectivity index (χ0v) is 20.4. The van der Waals surface area contributed by atoms with Crippen LogP contribution in [0.15, 0.2) is 70.8 Å². The first-order chi connectivity index (χ1) is 15.9. The predicted molar refractivity (Wildman–Crippen MR) is 132 cm³/mol. The van der Waals surface area contributed by atoms with Gasteiger partial charge < -0.3 is 14.8 Å². The molecule has 0 aliphatic carbocycles. The lowest BCUT2D eigenvalue weighted by Gasteiger charge is -2.14. The lowest BCUT2D eigenvalue weighted by Crippen LogP contribution is -2.30. The van der Waals surface area contributed by atoms with Crippen molar-refractivity contribution < 1.29 is 19.1 Å². The van der Waals surface area contributed by atoms with Crippen LogP contribution in [0.5, 0.6) is 11.5 Å². The molecule has 3 aromatic rings. The average molecular weight is 548 g/mol. The first kappa shape index (κ1) is 23.2. The van der Waals surface area contributed by atoms with Crippen molar-refractivity contribution in [2.45, 2.75) is 6.61 Å². The Morgan fingerprint density at radius 3 is 2.52 bits per heavy atom. The van der Waals surface area contributed by atoms with Gasteiger partial charge in [-0.3, -0.25) is 4.79 Å². The number of halogens is 3. The Morgan fingerprint density at radius 1 is 1.06 bits per heavy atom. The van der Waals surface area contributed by atoms with Gasteiger partial charge in [0.1, 0.15) is 12.3 Å². The van der Waals surface area contributed by atoms with E-state index < -0.39 is 11.9 Å². The van der Waals surface area contributed by atoms with E-state index in [0.717, 1.165) is 10.5 Å². The number of anilines is 1. The fourth-order valence-corrected chi connectivity index (χ4v) is 4.30. The van der Waals surface area contributed by atoms with Crippen molar-refractivity contribution in [2.75, 3.05) is 12.0 Å². The smallest absolute Gasteiger partial charge is 0.333 e. The van der Waals surface area contributed by atoms with Gasteiger partial charge in [0.25, 0.3) is 5.91 Å². The van der Waals surface area contributed by atoms with Crippen LogP contribution in [0.1, 0.15) is 11.1 Å². The quantitative estimate of drug-likeness (QED) is 0.285. The van der Waals surface area contributed by atoms with E-state index in [-0.39, 0.29) is 12.3 Å². The van der Waals surface area contributed by atoms with Crippen molar-refractivity contribution in [2.24, 2.45) is 0 Å². The molecule has 0 aromatic heterocycles. The van der Waals surface area contributed by atoms with E-state index in [9.17, 15) is 9.59 Å². The van der Waals surface area contributed by atoms with E-state index in [0.29, 0.717) is 37.3 Å². The number of imide groups is 1. The second kappa shape index (κ2) is 9.87. The number of carbonyl (C=O) groups excluding carboxylic acids is 2. The summed E-state index contributed by atoms with van der Waals surface area (Å²) in [5.41, 5.74) is 2.04. The number of rotatable bonds is 6. The summed E-state index contributed by atoms with van der Waals surface area (Å²) in [6.07, 6.45) is 1.58. The van der Waals surface area contributed by atoms with Crippen LogP contribution in [-0.2, 0) is 11.4 Å². The molecule has 3 aromatic carbocycles. The summed E-state index contributed by atoms with van der Waals surface area (Å²) < 4.78 is 12.0. The maximum Gasteiger partial charge on any atom is 0.333 e. The molecule has 0 saturated carbocycles. The minimum Gasteiger partial charge on any atom is -0.493 e. The van der Waals surface area contributed by atoms with E-state index in [1.807, 2.05) is 6.07 Å². The Hall–Kier alpha value is -3.00. The van der Waals surface area contributed by atoms with Crippen molar-refractivity contribution in [1.82, 2.24) is 5.32 Å². The average Bonchev–Trinajstić information content (AvgIpc) is 3.07. The molecule has 0 unspecified atom stereocenters. The van der Waals surface area contributed by atoms with E-state index in [1.165, 1.54) is 7.11 Å². The van der Waals surface area contributed by atoms with Crippen LogP contribution in [0.3, 0.4) is 0 Å². The standard InChI is InChI=1S/C24H17BrCl2N2O4/c1-32-21-11-14(9-18(25)22(21)33-13-15-7-8-16(26)12-19(15)27)10-20-23(30)29(24(31)28-20)17-5-3-2-4-6-17/h2-12H,13H2,1H3,(H,28,31)/b20-10+. The highest BCUT2D eigenvalue weighted by Gasteiger charge is 2.34. The number of urea groups is 1. The first-order valence-electron chi connectivity index (χ1n) is 9.74. The Morgan fingerprint density at radius 2 is 1.82 bits per heavy atom. The lowest BCUT2D eigenvalue weighted by molar-refractivity contribution is -0.113. The first-order valence-corrected chi connectivity index (χ1v) is 11.3. The molecule has 1 aliphatic rings. The van der Waals surface area contributed by atoms with Gasteiger partial charge in [-0.05, 0) is 64.0 Å². The summed E-state index contributed by atoms with van der Waals surface area (Å²) in [5, 5.41) is 3.65. The van der Waals surface area contributed by atoms with Gasteiger partial charge in [0, 0.05) is 15.6 Å². The van der Waals surface area contributed by atoms with E-state index in [4.69, 9.17) is 32.7 Å². The molecule has 1 N–H and O–H groups in total. The number of hydrogen-bond donors (Lipinski definition) is 1. The Kier molecular flexibility index (Phi) is 6.93. The third-order valence-electron chi connectivity index (χ3n) is 4.84. The van der Waals surface area contributed by atoms with Gasteiger partial charge in [-0.15, -0.1) is 0 Å². The monoisotopic (exact) mass is 546 g/mol. The molecule has 6 nitrogen and oxygen atoms in total. The zero-order valence-electron chi connectivity index (χ0n) is 17.3. The third kappa shape index (κ3) is 5.00. The van der Waals surface area contributed by atoms with E-state index in [2.05, 4.69) is 21.2 Å². The molecule has 1 heterocycles. The van der Waals surface area contributed by atoms with Gasteiger partial charge in [-0.1, -0.05) is 47.5 Å². The summed E-state index contributed by atoms with van der Waals surface area (Å²) >= 11 is 15.7. The van der Waals surface area contributed by atoms with Gasteiger partial charge in [0.15, 0.2) is 11.5 Å². The lowest BCUT2D eigenvalue weighted by atomic mass is 10.1. The number of nitrogens with zero attached hydrogens (tertiary/aromatic N) is 1. The molecular weight excluding hydrogens is 531 g/mol. The number of hydrogen-bond acceptors (Lipinski definition) is 4. The molecule has 168 valence electrons. The minimum atomic E-state index is -0.511. The predicted octanol–water partition coefficient (Wildman–Crippen LogP) is 6.44. The fourth-order valence-electron chi connectivity index (χ4n) is 3.27. The molecule has 0 bridgehead atoms. The second-order valence-electron chi connectivity index (χ2n) is 7.02. The Balaban J connectivity index is 1.58. The number of para-hydroxylation sites is 1. The molecule has 1 aliphatic heterocycles. The molecule has 1 fully saturated rings. The molecule has 33 heavy (non-hydrogen) atoms. The second-order valence-corrected chi connectivity index (χ2v) is 8.72. The van der Waals surface area contributed by atoms with Crippen molar-refractivity contribution in [3.8, 4) is 11.5 Å². The van der Waals surface area contributed by atoms with Crippen LogP contribution >= 0.6 is 39.1 Å². The number of nitrogens with one attached hydrogen (secondary N) is 1. The normalized spacial score (nSPS) is 14.5. The molecule has 0 atom stereocenters. The largest absolute Gasteiger partial charge is 0.493 e. The highest BCUT2D eigenvalue weighted by molar-refractivity contribution is 9.10. The molecule has 0 spiro atoms. The number of ether oxygens (including phenoxy) is 2. The molecule has 0 radical (unpaired) electrons. The molecule has 3 amide bonds. The van der Waals surface area contributed by atoms with E-state index in [1.54, 1.807) is 60.7 Å². The molecule has 9 heteroatoms. The topological polar surface area (TPSA) is 67.9 Å². The number of methoxy groups -OCH3 is 1. The summed E-state index contributed by atoms with van der Waals surface area (Å²) in [4.78, 5) is 26.3. The highest BCUT2D eigenvalue weighted by atomic mass is 79.9. The van der Waals surface area contributed by atoms with Crippen LogP contribution in [-0.4, -0.2) is 19.0 Å². The van der Waals surface area contributed by atoms with Crippen molar-refractivity contribution in [3.05, 3.63) is 92.0 Å². The van der Waals surface area contributed by atoms with Crippen molar-refractivity contribution in [3.63, 3.8) is 0 Å². The zero-order chi connectivity index (χ0) is 23.5. The fraction of sp³-hybridized carbons (Fsp3) is 0.0833. The van der Waals surface area contributed by atoms with E-state index >= 15 is 0 Å². The van der Waals surface area contributed by atoms with Crippen LogP contribution in [0.4, 0.5) is 10.5 Å². The summed E-state index contributed by atoms with van der Waals surface area (Å²) in [6, 6.07) is 16.9. The van der Waals surface area contributed by atoms with Crippen LogP contribution in [0.25, 0.3) is 6.08 Å². The SMILES string of the molecule is COc1cc(/C=C2/NC(=O)N(c3ccccc3)C2=O)cc(Br)c1OCc1ccc(Cl)cc1Cl. The number of carbonyl (C=O) groups is 2. The van der Waals surface area contributed by atoms with Gasteiger partial charge >= 0.3 is 6.03 Å². The van der Waals surface area contributed by atoms with Crippen molar-refractivity contribution in [1.29, 1.82) is 0 Å². The van der Waals surface area contributed by atoms with Crippen LogP contribution in [0, 0.1) is 0 Å². The van der Waals surface area contributed by atoms with Gasteiger partial charge in [0.05, 0.1) is 17.3 Å². The molecule has 4 rings (SSSR count). The summed E-state index contributed by atoms with van der Waals surface area (Å²) in [7, 11) is 1.51. The molecule has 1 saturated heterocycles. The summed E-state index contributed by atoms with van der Waals surface area (Å²) in [6.45, 7) is 0.200. The van der Waals surface area contributed by atoms with Gasteiger partial charge in [-0.25, -0.2) is 9.69 Å². The maximum absolute atomic E-state index is 12.8. The van der Waals surface area contributed by atoms with Gasteiger partial charge in [0.2, 0.25) is 0 Å². The van der Waals surface area contributed by atoms with Crippen LogP contribution in [0.2, 0.25) is 10.0 Å². The number of benzene rings is 3. The highest BCUT2D eigenvalue weighted by Crippen LogP contribution is 2.38. The van der Waals surface area contributed by atoms with Crippen molar-refractivity contribution >= 4 is 62.8 Å². The Labute approximate surface area is 208 Å². The van der Waals surface area contributed by atoms with Gasteiger partial charge in [-0.2, -0.15) is 0 Å². The Bertz CT molecular complexity index is 1260. The van der Waals surface area contributed by atoms with Crippen LogP contribution < -0.4 is 19.7 Å². The number of amides is 3. The molecular formula is C24H17BrCl2N2O4.